The van der Waals surface area contributed by atoms with E-state index in [9.17, 15) is 19.7 Å². The van der Waals surface area contributed by atoms with Crippen LogP contribution < -0.4 is 24.4 Å². The van der Waals surface area contributed by atoms with Crippen molar-refractivity contribution in [1.82, 2.24) is 4.57 Å². The fourth-order valence-corrected chi connectivity index (χ4v) is 6.31. The van der Waals surface area contributed by atoms with Gasteiger partial charge in [-0.05, 0) is 50.1 Å². The van der Waals surface area contributed by atoms with E-state index < -0.39 is 16.9 Å². The summed E-state index contributed by atoms with van der Waals surface area (Å²) in [4.78, 5) is 43.6. The molecular formula is C31H27N3O8S. The lowest BCUT2D eigenvalue weighted by Gasteiger charge is -2.25. The van der Waals surface area contributed by atoms with Crippen molar-refractivity contribution in [3.05, 3.63) is 106 Å². The van der Waals surface area contributed by atoms with E-state index in [2.05, 4.69) is 0 Å². The molecule has 2 aromatic carbocycles. The Morgan fingerprint density at radius 2 is 2.00 bits per heavy atom. The molecule has 0 radical (unpaired) electrons. The molecule has 4 aromatic rings. The number of nitrogens with zero attached hydrogens (tertiary/aromatic N) is 3. The molecule has 0 amide bonds. The van der Waals surface area contributed by atoms with Gasteiger partial charge in [-0.3, -0.25) is 19.5 Å². The topological polar surface area (TPSA) is 135 Å². The first kappa shape index (κ1) is 28.2. The molecule has 1 atom stereocenters. The van der Waals surface area contributed by atoms with Gasteiger partial charge in [-0.25, -0.2) is 9.79 Å². The van der Waals surface area contributed by atoms with Crippen molar-refractivity contribution in [2.45, 2.75) is 39.7 Å². The van der Waals surface area contributed by atoms with Gasteiger partial charge >= 0.3 is 5.97 Å². The molecule has 6 rings (SSSR count). The van der Waals surface area contributed by atoms with E-state index >= 15 is 0 Å². The maximum atomic E-state index is 14.0. The van der Waals surface area contributed by atoms with E-state index in [1.54, 1.807) is 56.3 Å². The number of thiazole rings is 1. The van der Waals surface area contributed by atoms with Gasteiger partial charge in [0.1, 0.15) is 11.5 Å². The number of furan rings is 1. The van der Waals surface area contributed by atoms with E-state index in [1.165, 1.54) is 22.0 Å². The maximum absolute atomic E-state index is 14.0. The Kier molecular flexibility index (Phi) is 7.45. The minimum atomic E-state index is -0.798. The summed E-state index contributed by atoms with van der Waals surface area (Å²) in [5.74, 6) is 1.41. The largest absolute Gasteiger partial charge is 0.463 e. The number of allylic oxidation sites excluding steroid dienone is 1. The van der Waals surface area contributed by atoms with Crippen LogP contribution in [0, 0.1) is 17.0 Å². The van der Waals surface area contributed by atoms with Crippen LogP contribution in [0.4, 0.5) is 5.69 Å². The highest BCUT2D eigenvalue weighted by molar-refractivity contribution is 7.07. The first-order valence-corrected chi connectivity index (χ1v) is 14.6. The average molecular weight is 602 g/mol. The number of nitro benzene ring substituents is 1. The van der Waals surface area contributed by atoms with Crippen LogP contribution in [0.1, 0.15) is 49.6 Å². The number of nitro groups is 1. The quantitative estimate of drug-likeness (QED) is 0.160. The van der Waals surface area contributed by atoms with Crippen LogP contribution in [0.25, 0.3) is 17.4 Å². The molecule has 4 heterocycles. The van der Waals surface area contributed by atoms with E-state index in [0.29, 0.717) is 66.7 Å². The maximum Gasteiger partial charge on any atom is 0.338 e. The van der Waals surface area contributed by atoms with Crippen LogP contribution in [0.5, 0.6) is 11.5 Å². The molecule has 0 bridgehead atoms. The van der Waals surface area contributed by atoms with Crippen LogP contribution in [-0.4, -0.2) is 28.9 Å². The second-order valence-electron chi connectivity index (χ2n) is 9.94. The van der Waals surface area contributed by atoms with Crippen LogP contribution in [0.3, 0.4) is 0 Å². The summed E-state index contributed by atoms with van der Waals surface area (Å²) >= 11 is 1.19. The van der Waals surface area contributed by atoms with Gasteiger partial charge < -0.3 is 18.6 Å². The summed E-state index contributed by atoms with van der Waals surface area (Å²) in [6.07, 6.45) is 2.87. The number of hydrogen-bond acceptors (Lipinski definition) is 10. The standard InChI is InChI=1S/C31H27N3O8S/c1-4-7-21-27(30(36)39-5-2)28(18-10-12-24-25(14-18)41-16-40-24)33-29(35)26(43-31(33)32-21)15-19-11-13-23(42-19)20-8-6-9-22(17(20)3)34(37)38/h6,8-15,28H,4-5,7,16H2,1-3H3/b26-15-/t28-/m0/s1. The summed E-state index contributed by atoms with van der Waals surface area (Å²) in [6.45, 7) is 5.65. The Hall–Kier alpha value is -4.97. The Morgan fingerprint density at radius 1 is 1.19 bits per heavy atom. The second-order valence-corrected chi connectivity index (χ2v) is 10.9. The van der Waals surface area contributed by atoms with E-state index in [4.69, 9.17) is 23.6 Å². The normalized spacial score (nSPS) is 15.8. The molecule has 11 nitrogen and oxygen atoms in total. The minimum absolute atomic E-state index is 0.00688. The first-order chi connectivity index (χ1) is 20.8. The zero-order chi connectivity index (χ0) is 30.2. The molecule has 2 aromatic heterocycles. The molecule has 0 saturated carbocycles. The zero-order valence-electron chi connectivity index (χ0n) is 23.6. The monoisotopic (exact) mass is 601 g/mol. The van der Waals surface area contributed by atoms with Gasteiger partial charge in [0.05, 0.1) is 33.4 Å². The summed E-state index contributed by atoms with van der Waals surface area (Å²) in [5.41, 5.74) is 2.24. The molecule has 0 saturated heterocycles. The lowest BCUT2D eigenvalue weighted by Crippen LogP contribution is -2.40. The Balaban J connectivity index is 1.49. The minimum Gasteiger partial charge on any atom is -0.463 e. The number of fused-ring (bicyclic) bond motifs is 2. The fraction of sp³-hybridized carbons (Fsp3) is 0.258. The predicted molar refractivity (Wildman–Crippen MR) is 158 cm³/mol. The summed E-state index contributed by atoms with van der Waals surface area (Å²) < 4.78 is 24.4. The first-order valence-electron chi connectivity index (χ1n) is 13.8. The number of carbonyl (C=O) groups excluding carboxylic acids is 1. The van der Waals surface area contributed by atoms with Gasteiger partial charge in [-0.2, -0.15) is 0 Å². The van der Waals surface area contributed by atoms with Crippen molar-refractivity contribution < 1.29 is 28.3 Å². The molecule has 220 valence electrons. The molecule has 0 spiro atoms. The molecule has 2 aliphatic heterocycles. The Labute approximate surface area is 249 Å². The van der Waals surface area contributed by atoms with Gasteiger partial charge in [0.2, 0.25) is 6.79 Å². The van der Waals surface area contributed by atoms with Crippen LogP contribution in [0.15, 0.2) is 74.0 Å². The fourth-order valence-electron chi connectivity index (χ4n) is 5.31. The molecule has 12 heteroatoms. The smallest absolute Gasteiger partial charge is 0.338 e. The predicted octanol–water partition coefficient (Wildman–Crippen LogP) is 4.78. The van der Waals surface area contributed by atoms with Crippen molar-refractivity contribution in [2.75, 3.05) is 13.4 Å². The highest BCUT2D eigenvalue weighted by atomic mass is 32.1. The van der Waals surface area contributed by atoms with E-state index in [-0.39, 0.29) is 24.6 Å². The number of benzene rings is 2. The summed E-state index contributed by atoms with van der Waals surface area (Å²) in [7, 11) is 0. The third-order valence-electron chi connectivity index (χ3n) is 7.27. The number of aromatic nitrogens is 1. The molecular weight excluding hydrogens is 574 g/mol. The number of hydrogen-bond donors (Lipinski definition) is 0. The highest BCUT2D eigenvalue weighted by Gasteiger charge is 2.35. The van der Waals surface area contributed by atoms with Crippen molar-refractivity contribution in [1.29, 1.82) is 0 Å². The number of carbonyl (C=O) groups is 1. The summed E-state index contributed by atoms with van der Waals surface area (Å²) in [5, 5.41) is 11.4. The van der Waals surface area contributed by atoms with Crippen LogP contribution in [0.2, 0.25) is 0 Å². The van der Waals surface area contributed by atoms with Crippen LogP contribution >= 0.6 is 11.3 Å². The van der Waals surface area contributed by atoms with Gasteiger partial charge in [0.15, 0.2) is 16.3 Å². The van der Waals surface area contributed by atoms with E-state index in [0.717, 1.165) is 6.42 Å². The van der Waals surface area contributed by atoms with Gasteiger partial charge in [-0.15, -0.1) is 0 Å². The lowest BCUT2D eigenvalue weighted by atomic mass is 9.94. The highest BCUT2D eigenvalue weighted by Crippen LogP contribution is 2.39. The van der Waals surface area contributed by atoms with Crippen molar-refractivity contribution in [3.8, 4) is 22.8 Å². The van der Waals surface area contributed by atoms with E-state index in [1.807, 2.05) is 13.0 Å². The molecule has 2 aliphatic rings. The third kappa shape index (κ3) is 5.03. The molecule has 0 aliphatic carbocycles. The van der Waals surface area contributed by atoms with Gasteiger partial charge in [0.25, 0.3) is 11.2 Å². The SMILES string of the molecule is CCCC1=C(C(=O)OCC)[C@H](c2ccc3c(c2)OCO3)n2c(s/c(=C\c3ccc(-c4cccc([N+](=O)[O-])c4C)o3)c2=O)=N1. The van der Waals surface area contributed by atoms with Crippen molar-refractivity contribution in [3.63, 3.8) is 0 Å². The van der Waals surface area contributed by atoms with Crippen LogP contribution in [-0.2, 0) is 9.53 Å². The average Bonchev–Trinajstić information content (AvgIpc) is 3.72. The molecule has 0 unspecified atom stereocenters. The number of rotatable bonds is 8. The molecule has 0 fully saturated rings. The number of ether oxygens (including phenoxy) is 3. The van der Waals surface area contributed by atoms with Gasteiger partial charge in [0, 0.05) is 23.3 Å². The van der Waals surface area contributed by atoms with Crippen molar-refractivity contribution in [2.24, 2.45) is 4.99 Å². The lowest BCUT2D eigenvalue weighted by molar-refractivity contribution is -0.385. The summed E-state index contributed by atoms with van der Waals surface area (Å²) in [6, 6.07) is 12.8. The third-order valence-corrected chi connectivity index (χ3v) is 8.26. The molecule has 0 N–H and O–H groups in total. The second kappa shape index (κ2) is 11.4. The zero-order valence-corrected chi connectivity index (χ0v) is 24.4. The Bertz CT molecular complexity index is 1980. The number of esters is 1. The Morgan fingerprint density at radius 3 is 2.77 bits per heavy atom. The van der Waals surface area contributed by atoms with Gasteiger partial charge in [-0.1, -0.05) is 42.9 Å². The van der Waals surface area contributed by atoms with Crippen molar-refractivity contribution >= 4 is 29.1 Å². The molecule has 43 heavy (non-hydrogen) atoms.